The molecule has 0 aromatic heterocycles. The van der Waals surface area contributed by atoms with Gasteiger partial charge in [-0.3, -0.25) is 25.0 Å². The first-order valence-corrected chi connectivity index (χ1v) is 8.92. The Hall–Kier alpha value is -2.93. The van der Waals surface area contributed by atoms with E-state index < -0.39 is 35.5 Å². The van der Waals surface area contributed by atoms with Crippen molar-refractivity contribution in [2.24, 2.45) is 0 Å². The van der Waals surface area contributed by atoms with Crippen LogP contribution in [-0.4, -0.2) is 23.6 Å². The van der Waals surface area contributed by atoms with E-state index in [1.807, 2.05) is 6.07 Å². The van der Waals surface area contributed by atoms with Crippen LogP contribution in [0.2, 0.25) is 0 Å². The number of imide groups is 1. The number of halogens is 2. The molecule has 28 heavy (non-hydrogen) atoms. The van der Waals surface area contributed by atoms with E-state index in [2.05, 4.69) is 10.6 Å². The van der Waals surface area contributed by atoms with Crippen molar-refractivity contribution in [1.29, 1.82) is 0 Å². The van der Waals surface area contributed by atoms with E-state index in [9.17, 15) is 23.2 Å². The number of hydrogen-bond donors (Lipinski definition) is 2. The van der Waals surface area contributed by atoms with Gasteiger partial charge in [0.15, 0.2) is 5.78 Å². The lowest BCUT2D eigenvalue weighted by Crippen LogP contribution is -2.47. The highest BCUT2D eigenvalue weighted by Gasteiger charge is 2.24. The lowest BCUT2D eigenvalue weighted by Gasteiger charge is -2.22. The Morgan fingerprint density at radius 2 is 1.61 bits per heavy atom. The van der Waals surface area contributed by atoms with E-state index in [4.69, 9.17) is 0 Å². The van der Waals surface area contributed by atoms with Gasteiger partial charge in [-0.15, -0.1) is 0 Å². The average molecular weight is 388 g/mol. The Morgan fingerprint density at radius 1 is 1.00 bits per heavy atom. The first kappa shape index (κ1) is 21.4. The number of ketones is 1. The van der Waals surface area contributed by atoms with Crippen molar-refractivity contribution in [2.45, 2.75) is 38.8 Å². The largest absolute Gasteiger partial charge is 0.298 e. The number of Topliss-reactive ketones (excluding diaryl/α,β-unsaturated/α-hetero) is 1. The third kappa shape index (κ3) is 6.06. The lowest BCUT2D eigenvalue weighted by molar-refractivity contribution is -0.131. The van der Waals surface area contributed by atoms with Crippen LogP contribution in [0.1, 0.15) is 37.4 Å². The molecule has 0 heterocycles. The number of nitrogens with one attached hydrogen (secondary N) is 2. The van der Waals surface area contributed by atoms with Gasteiger partial charge in [0, 0.05) is 12.5 Å². The van der Waals surface area contributed by atoms with Gasteiger partial charge in [-0.1, -0.05) is 37.3 Å². The summed E-state index contributed by atoms with van der Waals surface area (Å²) in [6.45, 7) is 3.26. The third-order valence-electron chi connectivity index (χ3n) is 4.16. The topological polar surface area (TPSA) is 75.3 Å². The van der Waals surface area contributed by atoms with Crippen molar-refractivity contribution >= 4 is 17.6 Å². The van der Waals surface area contributed by atoms with E-state index in [1.165, 1.54) is 6.92 Å². The summed E-state index contributed by atoms with van der Waals surface area (Å²) >= 11 is 0. The zero-order valence-corrected chi connectivity index (χ0v) is 15.7. The van der Waals surface area contributed by atoms with Crippen LogP contribution in [0.5, 0.6) is 0 Å². The molecule has 2 aromatic rings. The highest BCUT2D eigenvalue weighted by Crippen LogP contribution is 2.16. The molecule has 148 valence electrons. The quantitative estimate of drug-likeness (QED) is 0.729. The summed E-state index contributed by atoms with van der Waals surface area (Å²) in [5.74, 6) is -3.01. The molecule has 2 atom stereocenters. The molecule has 0 aliphatic carbocycles. The molecule has 0 aliphatic heterocycles. The van der Waals surface area contributed by atoms with Crippen molar-refractivity contribution in [2.75, 3.05) is 0 Å². The Kier molecular flexibility index (Phi) is 7.52. The summed E-state index contributed by atoms with van der Waals surface area (Å²) in [5, 5.41) is 5.12. The fourth-order valence-corrected chi connectivity index (χ4v) is 2.74. The van der Waals surface area contributed by atoms with Crippen LogP contribution in [0.4, 0.5) is 8.78 Å². The van der Waals surface area contributed by atoms with E-state index in [1.54, 1.807) is 31.2 Å². The van der Waals surface area contributed by atoms with E-state index in [0.717, 1.165) is 17.7 Å². The predicted molar refractivity (Wildman–Crippen MR) is 100 cm³/mol. The Morgan fingerprint density at radius 3 is 2.18 bits per heavy atom. The smallest absolute Gasteiger partial charge is 0.243 e. The molecular weight excluding hydrogens is 366 g/mol. The molecule has 0 spiro atoms. The van der Waals surface area contributed by atoms with Crippen molar-refractivity contribution in [3.63, 3.8) is 0 Å². The molecule has 2 aromatic carbocycles. The number of amides is 2. The lowest BCUT2D eigenvalue weighted by atomic mass is 10.00. The summed E-state index contributed by atoms with van der Waals surface area (Å²) in [6, 6.07) is 10.2. The van der Waals surface area contributed by atoms with Crippen molar-refractivity contribution in [3.8, 4) is 0 Å². The monoisotopic (exact) mass is 388 g/mol. The zero-order chi connectivity index (χ0) is 20.7. The minimum atomic E-state index is -0.839. The standard InChI is InChI=1S/C21H22F2N2O3/c1-3-18(26)20(15-7-5-4-6-8-15)24-13(2)21(28)25-19(27)11-14-9-16(22)12-17(23)10-14/h4-10,12-13,20,24H,3,11H2,1-2H3,(H,25,27,28)/t13-,20?/m0/s1. The van der Waals surface area contributed by atoms with Crippen LogP contribution in [0.25, 0.3) is 0 Å². The molecule has 2 rings (SSSR count). The fourth-order valence-electron chi connectivity index (χ4n) is 2.74. The molecule has 7 heteroatoms. The van der Waals surface area contributed by atoms with Crippen LogP contribution in [-0.2, 0) is 20.8 Å². The van der Waals surface area contributed by atoms with Crippen LogP contribution in [0, 0.1) is 11.6 Å². The average Bonchev–Trinajstić information content (AvgIpc) is 2.64. The van der Waals surface area contributed by atoms with Crippen LogP contribution in [0.3, 0.4) is 0 Å². The molecule has 2 amide bonds. The van der Waals surface area contributed by atoms with Gasteiger partial charge in [-0.2, -0.15) is 0 Å². The van der Waals surface area contributed by atoms with Gasteiger partial charge in [0.25, 0.3) is 0 Å². The maximum Gasteiger partial charge on any atom is 0.243 e. The van der Waals surface area contributed by atoms with Gasteiger partial charge in [0.1, 0.15) is 11.6 Å². The Labute approximate surface area is 162 Å². The van der Waals surface area contributed by atoms with Gasteiger partial charge in [-0.05, 0) is 30.2 Å². The highest BCUT2D eigenvalue weighted by atomic mass is 19.1. The fraction of sp³-hybridized carbons (Fsp3) is 0.286. The SMILES string of the molecule is CCC(=O)C(N[C@@H](C)C(=O)NC(=O)Cc1cc(F)cc(F)c1)c1ccccc1. The summed E-state index contributed by atoms with van der Waals surface area (Å²) < 4.78 is 26.4. The number of hydrogen-bond acceptors (Lipinski definition) is 4. The third-order valence-corrected chi connectivity index (χ3v) is 4.16. The summed E-state index contributed by atoms with van der Waals surface area (Å²) in [5.41, 5.74) is 0.835. The molecule has 0 bridgehead atoms. The number of carbonyl (C=O) groups excluding carboxylic acids is 3. The first-order chi connectivity index (χ1) is 13.3. The van der Waals surface area contributed by atoms with Gasteiger partial charge >= 0.3 is 0 Å². The van der Waals surface area contributed by atoms with Crippen LogP contribution >= 0.6 is 0 Å². The van der Waals surface area contributed by atoms with Gasteiger partial charge in [0.2, 0.25) is 11.8 Å². The highest BCUT2D eigenvalue weighted by molar-refractivity contribution is 5.98. The second-order valence-electron chi connectivity index (χ2n) is 6.42. The summed E-state index contributed by atoms with van der Waals surface area (Å²) in [6.07, 6.45) is -0.0614. The predicted octanol–water partition coefficient (Wildman–Crippen LogP) is 2.85. The molecule has 1 unspecified atom stereocenters. The van der Waals surface area contributed by atoms with Gasteiger partial charge < -0.3 is 0 Å². The molecule has 0 saturated carbocycles. The molecule has 0 fully saturated rings. The normalized spacial score (nSPS) is 12.9. The van der Waals surface area contributed by atoms with Gasteiger partial charge in [-0.25, -0.2) is 8.78 Å². The minimum Gasteiger partial charge on any atom is -0.298 e. The van der Waals surface area contributed by atoms with Crippen molar-refractivity contribution in [3.05, 3.63) is 71.3 Å². The molecule has 0 aliphatic rings. The molecule has 5 nitrogen and oxygen atoms in total. The maximum atomic E-state index is 13.2. The van der Waals surface area contributed by atoms with Crippen LogP contribution < -0.4 is 10.6 Å². The molecule has 2 N–H and O–H groups in total. The number of rotatable bonds is 8. The summed E-state index contributed by atoms with van der Waals surface area (Å²) in [7, 11) is 0. The number of benzene rings is 2. The van der Waals surface area contributed by atoms with Gasteiger partial charge in [0.05, 0.1) is 18.5 Å². The second kappa shape index (κ2) is 9.85. The van der Waals surface area contributed by atoms with E-state index in [-0.39, 0.29) is 24.2 Å². The molecule has 0 radical (unpaired) electrons. The summed E-state index contributed by atoms with van der Waals surface area (Å²) in [4.78, 5) is 36.6. The van der Waals surface area contributed by atoms with E-state index >= 15 is 0 Å². The van der Waals surface area contributed by atoms with Crippen LogP contribution in [0.15, 0.2) is 48.5 Å². The Balaban J connectivity index is 2.00. The second-order valence-corrected chi connectivity index (χ2v) is 6.42. The molecule has 0 saturated heterocycles. The zero-order valence-electron chi connectivity index (χ0n) is 15.7. The van der Waals surface area contributed by atoms with E-state index in [0.29, 0.717) is 6.07 Å². The number of carbonyl (C=O) groups is 3. The van der Waals surface area contributed by atoms with Crippen molar-refractivity contribution in [1.82, 2.24) is 10.6 Å². The Bertz CT molecular complexity index is 836. The molecular formula is C21H22F2N2O3. The minimum absolute atomic E-state index is 0.0904. The maximum absolute atomic E-state index is 13.2. The van der Waals surface area contributed by atoms with Crippen molar-refractivity contribution < 1.29 is 23.2 Å². The first-order valence-electron chi connectivity index (χ1n) is 8.92.